The van der Waals surface area contributed by atoms with E-state index in [-0.39, 0.29) is 0 Å². The summed E-state index contributed by atoms with van der Waals surface area (Å²) >= 11 is 0. The fourth-order valence-electron chi connectivity index (χ4n) is 8.06. The highest BCUT2D eigenvalue weighted by Gasteiger charge is 2.16. The maximum absolute atomic E-state index is 4.92. The number of nitrogens with zero attached hydrogens (tertiary/aromatic N) is 5. The van der Waals surface area contributed by atoms with Crippen molar-refractivity contribution in [3.63, 3.8) is 0 Å². The quantitative estimate of drug-likeness (QED) is 0.172. The maximum Gasteiger partial charge on any atom is 0.164 e. The smallest absolute Gasteiger partial charge is 0.164 e. The van der Waals surface area contributed by atoms with E-state index in [4.69, 9.17) is 15.0 Å². The Balaban J connectivity index is 0.971. The summed E-state index contributed by atoms with van der Waals surface area (Å²) in [6.45, 7) is 0. The van der Waals surface area contributed by atoms with Gasteiger partial charge in [-0.1, -0.05) is 140 Å². The van der Waals surface area contributed by atoms with E-state index >= 15 is 0 Å². The van der Waals surface area contributed by atoms with Crippen molar-refractivity contribution in [1.29, 1.82) is 0 Å². The molecule has 5 nitrogen and oxygen atoms in total. The topological polar surface area (TPSA) is 48.5 Å². The molecule has 0 bridgehead atoms. The van der Waals surface area contributed by atoms with Gasteiger partial charge >= 0.3 is 0 Å². The monoisotopic (exact) mass is 715 g/mol. The number of hydrogen-bond donors (Lipinski definition) is 0. The maximum atomic E-state index is 4.92. The van der Waals surface area contributed by atoms with Crippen molar-refractivity contribution < 1.29 is 0 Å². The zero-order chi connectivity index (χ0) is 37.0. The summed E-state index contributed by atoms with van der Waals surface area (Å²) in [5.41, 5.74) is 11.0. The predicted octanol–water partition coefficient (Wildman–Crippen LogP) is 12.7. The minimum atomic E-state index is 0.646. The molecule has 11 aromatic rings. The standard InChI is InChI=1S/C51H33N5/c1-4-12-36(13-5-1)49-52-50(37-14-6-2-7-15-37)54-51(53-49)38-22-20-34(21-23-38)35-24-27-41(28-25-35)56-47-19-11-10-18-42(47)45-32-39-26-29-46-43(44(39)33-48(45)56)30-31-55(46)40-16-8-3-9-17-40/h1-33H. The van der Waals surface area contributed by atoms with E-state index in [1.807, 2.05) is 60.7 Å². The van der Waals surface area contributed by atoms with Crippen LogP contribution in [0.1, 0.15) is 0 Å². The molecule has 56 heavy (non-hydrogen) atoms. The molecule has 0 radical (unpaired) electrons. The molecule has 262 valence electrons. The number of benzene rings is 8. The van der Waals surface area contributed by atoms with Gasteiger partial charge in [0.25, 0.3) is 0 Å². The summed E-state index contributed by atoms with van der Waals surface area (Å²) < 4.78 is 4.67. The van der Waals surface area contributed by atoms with Crippen LogP contribution in [0.2, 0.25) is 0 Å². The van der Waals surface area contributed by atoms with Crippen LogP contribution in [-0.4, -0.2) is 24.1 Å². The van der Waals surface area contributed by atoms with Crippen LogP contribution in [0, 0.1) is 0 Å². The van der Waals surface area contributed by atoms with Crippen LogP contribution >= 0.6 is 0 Å². The summed E-state index contributed by atoms with van der Waals surface area (Å²) in [6, 6.07) is 68.3. The number of hydrogen-bond acceptors (Lipinski definition) is 3. The minimum Gasteiger partial charge on any atom is -0.317 e. The highest BCUT2D eigenvalue weighted by molar-refractivity contribution is 6.18. The summed E-state index contributed by atoms with van der Waals surface area (Å²) in [5, 5.41) is 6.22. The van der Waals surface area contributed by atoms with Crippen LogP contribution in [0.25, 0.3) is 100 Å². The number of aromatic nitrogens is 5. The second-order valence-corrected chi connectivity index (χ2v) is 14.1. The molecule has 0 unspecified atom stereocenters. The molecule has 5 heteroatoms. The van der Waals surface area contributed by atoms with Crippen LogP contribution in [0.3, 0.4) is 0 Å². The first-order chi connectivity index (χ1) is 27.7. The molecule has 0 saturated carbocycles. The molecule has 0 spiro atoms. The van der Waals surface area contributed by atoms with Crippen molar-refractivity contribution in [2.24, 2.45) is 0 Å². The van der Waals surface area contributed by atoms with Gasteiger partial charge in [-0.15, -0.1) is 0 Å². The Kier molecular flexibility index (Phi) is 7.42. The lowest BCUT2D eigenvalue weighted by molar-refractivity contribution is 1.07. The lowest BCUT2D eigenvalue weighted by Crippen LogP contribution is -2.00. The van der Waals surface area contributed by atoms with Gasteiger partial charge in [-0.05, 0) is 76.5 Å². The lowest BCUT2D eigenvalue weighted by Gasteiger charge is -2.11. The molecule has 3 heterocycles. The van der Waals surface area contributed by atoms with E-state index in [0.717, 1.165) is 39.2 Å². The van der Waals surface area contributed by atoms with E-state index < -0.39 is 0 Å². The molecule has 0 saturated heterocycles. The summed E-state index contributed by atoms with van der Waals surface area (Å²) in [5.74, 6) is 1.96. The lowest BCUT2D eigenvalue weighted by atomic mass is 10.0. The van der Waals surface area contributed by atoms with E-state index in [2.05, 4.69) is 149 Å². The first kappa shape index (κ1) is 31.9. The molecule has 8 aromatic carbocycles. The Morgan fingerprint density at radius 1 is 0.304 bits per heavy atom. The van der Waals surface area contributed by atoms with Crippen LogP contribution < -0.4 is 0 Å². The average molecular weight is 716 g/mol. The fraction of sp³-hybridized carbons (Fsp3) is 0. The van der Waals surface area contributed by atoms with Crippen LogP contribution in [-0.2, 0) is 0 Å². The first-order valence-electron chi connectivity index (χ1n) is 18.9. The van der Waals surface area contributed by atoms with Gasteiger partial charge in [0.1, 0.15) is 0 Å². The molecule has 11 rings (SSSR count). The number of fused-ring (bicyclic) bond motifs is 6. The summed E-state index contributed by atoms with van der Waals surface area (Å²) in [7, 11) is 0. The Bertz CT molecular complexity index is 3140. The second kappa shape index (κ2) is 13.0. The molecule has 0 aliphatic rings. The molecule has 0 N–H and O–H groups in total. The third-order valence-corrected chi connectivity index (χ3v) is 10.8. The van der Waals surface area contributed by atoms with Crippen molar-refractivity contribution in [1.82, 2.24) is 24.1 Å². The Labute approximate surface area is 323 Å². The Morgan fingerprint density at radius 3 is 1.46 bits per heavy atom. The normalized spacial score (nSPS) is 11.6. The third-order valence-electron chi connectivity index (χ3n) is 10.8. The van der Waals surface area contributed by atoms with Crippen molar-refractivity contribution in [2.75, 3.05) is 0 Å². The zero-order valence-corrected chi connectivity index (χ0v) is 30.3. The van der Waals surface area contributed by atoms with Crippen LogP contribution in [0.5, 0.6) is 0 Å². The molecule has 0 amide bonds. The number of rotatable bonds is 6. The van der Waals surface area contributed by atoms with Crippen LogP contribution in [0.4, 0.5) is 0 Å². The first-order valence-corrected chi connectivity index (χ1v) is 18.9. The average Bonchev–Trinajstić information content (AvgIpc) is 3.86. The second-order valence-electron chi connectivity index (χ2n) is 14.1. The van der Waals surface area contributed by atoms with Gasteiger partial charge in [0, 0.05) is 50.4 Å². The summed E-state index contributed by atoms with van der Waals surface area (Å²) in [4.78, 5) is 14.7. The molecular weight excluding hydrogens is 683 g/mol. The molecule has 0 aliphatic heterocycles. The Morgan fingerprint density at radius 2 is 0.821 bits per heavy atom. The van der Waals surface area contributed by atoms with E-state index in [1.165, 1.54) is 43.5 Å². The third kappa shape index (κ3) is 5.37. The highest BCUT2D eigenvalue weighted by Crippen LogP contribution is 2.38. The molecule has 0 atom stereocenters. The van der Waals surface area contributed by atoms with Crippen molar-refractivity contribution in [2.45, 2.75) is 0 Å². The SMILES string of the molecule is c1ccc(-c2nc(-c3ccccc3)nc(-c3ccc(-c4ccc(-n5c6ccccc6c6cc7ccc8c(ccn8-c8ccccc8)c7cc65)cc4)cc3)n2)cc1. The van der Waals surface area contributed by atoms with Gasteiger partial charge in [-0.3, -0.25) is 0 Å². The predicted molar refractivity (Wildman–Crippen MR) is 230 cm³/mol. The van der Waals surface area contributed by atoms with E-state index in [9.17, 15) is 0 Å². The van der Waals surface area contributed by atoms with Crippen molar-refractivity contribution in [3.8, 4) is 56.7 Å². The minimum absolute atomic E-state index is 0.646. The molecule has 0 fully saturated rings. The van der Waals surface area contributed by atoms with Gasteiger partial charge in [-0.25, -0.2) is 15.0 Å². The van der Waals surface area contributed by atoms with Crippen LogP contribution in [0.15, 0.2) is 200 Å². The van der Waals surface area contributed by atoms with Crippen molar-refractivity contribution in [3.05, 3.63) is 200 Å². The van der Waals surface area contributed by atoms with Gasteiger partial charge < -0.3 is 9.13 Å². The van der Waals surface area contributed by atoms with Gasteiger partial charge in [-0.2, -0.15) is 0 Å². The van der Waals surface area contributed by atoms with E-state index in [1.54, 1.807) is 0 Å². The van der Waals surface area contributed by atoms with Gasteiger partial charge in [0.15, 0.2) is 17.5 Å². The largest absolute Gasteiger partial charge is 0.317 e. The number of para-hydroxylation sites is 2. The highest BCUT2D eigenvalue weighted by atomic mass is 15.0. The fourth-order valence-corrected chi connectivity index (χ4v) is 8.06. The van der Waals surface area contributed by atoms with E-state index in [0.29, 0.717) is 17.5 Å². The zero-order valence-electron chi connectivity index (χ0n) is 30.3. The van der Waals surface area contributed by atoms with Gasteiger partial charge in [0.05, 0.1) is 16.6 Å². The van der Waals surface area contributed by atoms with Gasteiger partial charge in [0.2, 0.25) is 0 Å². The van der Waals surface area contributed by atoms with Crippen molar-refractivity contribution >= 4 is 43.5 Å². The molecular formula is C51H33N5. The Hall–Kier alpha value is -7.63. The molecule has 0 aliphatic carbocycles. The molecule has 3 aromatic heterocycles. The summed E-state index contributed by atoms with van der Waals surface area (Å²) in [6.07, 6.45) is 2.18.